The molecule has 1 fully saturated rings. The Morgan fingerprint density at radius 2 is 1.92 bits per heavy atom. The first-order valence-corrected chi connectivity index (χ1v) is 8.88. The zero-order chi connectivity index (χ0) is 16.8. The molecule has 1 unspecified atom stereocenters. The highest BCUT2D eigenvalue weighted by Gasteiger charge is 2.12. The molecule has 0 aliphatic carbocycles. The van der Waals surface area contributed by atoms with Gasteiger partial charge in [-0.05, 0) is 50.1 Å². The van der Waals surface area contributed by atoms with Crippen LogP contribution in [0.15, 0.2) is 42.7 Å². The van der Waals surface area contributed by atoms with Gasteiger partial charge in [0.1, 0.15) is 0 Å². The van der Waals surface area contributed by atoms with E-state index >= 15 is 0 Å². The second kappa shape index (κ2) is 8.31. The van der Waals surface area contributed by atoms with Crippen LogP contribution in [0.4, 0.5) is 5.69 Å². The third-order valence-electron chi connectivity index (χ3n) is 4.59. The number of hydrogen-bond donors (Lipinski definition) is 1. The van der Waals surface area contributed by atoms with E-state index in [0.29, 0.717) is 13.1 Å². The predicted molar refractivity (Wildman–Crippen MR) is 97.1 cm³/mol. The maximum absolute atomic E-state index is 10.2. The minimum Gasteiger partial charge on any atom is -0.390 e. The zero-order valence-electron chi connectivity index (χ0n) is 14.5. The Kier molecular flexibility index (Phi) is 5.88. The molecule has 0 spiro atoms. The quantitative estimate of drug-likeness (QED) is 0.847. The summed E-state index contributed by atoms with van der Waals surface area (Å²) in [6.45, 7) is 4.37. The van der Waals surface area contributed by atoms with E-state index in [9.17, 15) is 5.11 Å². The van der Waals surface area contributed by atoms with Crippen LogP contribution in [-0.2, 0) is 13.1 Å². The smallest absolute Gasteiger partial charge is 0.0862 e. The molecule has 0 radical (unpaired) electrons. The van der Waals surface area contributed by atoms with E-state index < -0.39 is 6.10 Å². The van der Waals surface area contributed by atoms with Crippen molar-refractivity contribution >= 4 is 5.69 Å². The van der Waals surface area contributed by atoms with Crippen LogP contribution in [0, 0.1) is 0 Å². The van der Waals surface area contributed by atoms with E-state index in [0.717, 1.165) is 6.54 Å². The molecular formula is C19H28N4O. The molecular weight excluding hydrogens is 300 g/mol. The summed E-state index contributed by atoms with van der Waals surface area (Å²) in [5, 5.41) is 14.3. The minimum atomic E-state index is -0.414. The molecule has 0 bridgehead atoms. The molecule has 24 heavy (non-hydrogen) atoms. The Balaban J connectivity index is 1.47. The molecule has 5 heteroatoms. The lowest BCUT2D eigenvalue weighted by Gasteiger charge is -2.29. The van der Waals surface area contributed by atoms with E-state index in [1.54, 1.807) is 10.9 Å². The van der Waals surface area contributed by atoms with E-state index in [4.69, 9.17) is 0 Å². The zero-order valence-corrected chi connectivity index (χ0v) is 14.5. The van der Waals surface area contributed by atoms with E-state index in [2.05, 4.69) is 39.2 Å². The summed E-state index contributed by atoms with van der Waals surface area (Å²) in [4.78, 5) is 4.63. The van der Waals surface area contributed by atoms with Crippen LogP contribution in [-0.4, -0.2) is 52.6 Å². The average Bonchev–Trinajstić information content (AvgIpc) is 3.09. The van der Waals surface area contributed by atoms with Crippen molar-refractivity contribution < 1.29 is 5.11 Å². The van der Waals surface area contributed by atoms with E-state index in [-0.39, 0.29) is 0 Å². The molecule has 1 aliphatic rings. The summed E-state index contributed by atoms with van der Waals surface area (Å²) >= 11 is 0. The summed E-state index contributed by atoms with van der Waals surface area (Å²) in [5.74, 6) is 0. The molecule has 0 saturated carbocycles. The van der Waals surface area contributed by atoms with E-state index in [1.807, 2.05) is 19.3 Å². The molecule has 1 atom stereocenters. The van der Waals surface area contributed by atoms with Gasteiger partial charge < -0.3 is 10.0 Å². The van der Waals surface area contributed by atoms with Crippen molar-refractivity contribution in [3.05, 3.63) is 48.3 Å². The van der Waals surface area contributed by atoms with Crippen LogP contribution in [0.1, 0.15) is 24.8 Å². The summed E-state index contributed by atoms with van der Waals surface area (Å²) in [5.41, 5.74) is 2.62. The lowest BCUT2D eigenvalue weighted by atomic mass is 10.1. The molecule has 0 amide bonds. The largest absolute Gasteiger partial charge is 0.390 e. The number of nitrogens with zero attached hydrogens (tertiary/aromatic N) is 4. The summed E-state index contributed by atoms with van der Waals surface area (Å²) < 4.78 is 1.77. The Hall–Kier alpha value is -1.85. The number of benzene rings is 1. The predicted octanol–water partition coefficient (Wildman–Crippen LogP) is 2.37. The van der Waals surface area contributed by atoms with Crippen LogP contribution < -0.4 is 4.90 Å². The average molecular weight is 328 g/mol. The van der Waals surface area contributed by atoms with Crippen molar-refractivity contribution in [1.29, 1.82) is 0 Å². The Labute approximate surface area is 144 Å². The molecule has 1 aliphatic heterocycles. The van der Waals surface area contributed by atoms with Crippen molar-refractivity contribution in [1.82, 2.24) is 14.7 Å². The van der Waals surface area contributed by atoms with Gasteiger partial charge in [-0.25, -0.2) is 0 Å². The molecule has 1 saturated heterocycles. The van der Waals surface area contributed by atoms with Crippen LogP contribution in [0.25, 0.3) is 0 Å². The maximum Gasteiger partial charge on any atom is 0.0862 e. The van der Waals surface area contributed by atoms with Gasteiger partial charge in [-0.3, -0.25) is 9.58 Å². The first-order chi connectivity index (χ1) is 11.7. The molecule has 130 valence electrons. The highest BCUT2D eigenvalue weighted by molar-refractivity contribution is 5.47. The number of hydrogen-bond acceptors (Lipinski definition) is 4. The van der Waals surface area contributed by atoms with Gasteiger partial charge in [0.25, 0.3) is 0 Å². The number of rotatable bonds is 7. The SMILES string of the molecule is CN(Cc1ccc(N2CCCCC2)cc1)CC(O)Cn1cccn1. The van der Waals surface area contributed by atoms with Gasteiger partial charge in [0.05, 0.1) is 12.6 Å². The number of aliphatic hydroxyl groups excluding tert-OH is 1. The number of piperidine rings is 1. The summed E-state index contributed by atoms with van der Waals surface area (Å²) in [6.07, 6.45) is 7.17. The molecule has 5 nitrogen and oxygen atoms in total. The van der Waals surface area contributed by atoms with Gasteiger partial charge in [-0.15, -0.1) is 0 Å². The highest BCUT2D eigenvalue weighted by Crippen LogP contribution is 2.20. The highest BCUT2D eigenvalue weighted by atomic mass is 16.3. The van der Waals surface area contributed by atoms with Gasteiger partial charge in [-0.2, -0.15) is 5.10 Å². The fraction of sp³-hybridized carbons (Fsp3) is 0.526. The summed E-state index contributed by atoms with van der Waals surface area (Å²) in [6, 6.07) is 10.8. The number of aromatic nitrogens is 2. The second-order valence-corrected chi connectivity index (χ2v) is 6.79. The first-order valence-electron chi connectivity index (χ1n) is 8.88. The van der Waals surface area contributed by atoms with Gasteiger partial charge in [0.2, 0.25) is 0 Å². The number of aliphatic hydroxyl groups is 1. The second-order valence-electron chi connectivity index (χ2n) is 6.79. The van der Waals surface area contributed by atoms with E-state index in [1.165, 1.54) is 43.6 Å². The van der Waals surface area contributed by atoms with Crippen molar-refractivity contribution in [2.45, 2.75) is 38.5 Å². The normalized spacial score (nSPS) is 16.5. The van der Waals surface area contributed by atoms with Crippen LogP contribution in [0.2, 0.25) is 0 Å². The molecule has 2 aromatic rings. The third kappa shape index (κ3) is 4.82. The van der Waals surface area contributed by atoms with Crippen molar-refractivity contribution in [3.63, 3.8) is 0 Å². The monoisotopic (exact) mass is 328 g/mol. The van der Waals surface area contributed by atoms with Crippen molar-refractivity contribution in [3.8, 4) is 0 Å². The van der Waals surface area contributed by atoms with Gasteiger partial charge in [-0.1, -0.05) is 12.1 Å². The van der Waals surface area contributed by atoms with Gasteiger partial charge >= 0.3 is 0 Å². The van der Waals surface area contributed by atoms with Crippen LogP contribution >= 0.6 is 0 Å². The lowest BCUT2D eigenvalue weighted by Crippen LogP contribution is -2.32. The fourth-order valence-electron chi connectivity index (χ4n) is 3.38. The van der Waals surface area contributed by atoms with Crippen LogP contribution in [0.5, 0.6) is 0 Å². The molecule has 1 aromatic carbocycles. The van der Waals surface area contributed by atoms with Crippen LogP contribution in [0.3, 0.4) is 0 Å². The summed E-state index contributed by atoms with van der Waals surface area (Å²) in [7, 11) is 2.05. The van der Waals surface area contributed by atoms with Crippen molar-refractivity contribution in [2.75, 3.05) is 31.6 Å². The Morgan fingerprint density at radius 3 is 2.58 bits per heavy atom. The van der Waals surface area contributed by atoms with Gasteiger partial charge in [0.15, 0.2) is 0 Å². The van der Waals surface area contributed by atoms with Gasteiger partial charge in [0, 0.05) is 44.3 Å². The molecule has 1 aromatic heterocycles. The molecule has 1 N–H and O–H groups in total. The molecule has 3 rings (SSSR count). The standard InChI is InChI=1S/C19H28N4O/c1-21(15-19(24)16-23-13-5-10-20-23)14-17-6-8-18(9-7-17)22-11-3-2-4-12-22/h5-10,13,19,24H,2-4,11-12,14-16H2,1H3. The Bertz CT molecular complexity index is 590. The Morgan fingerprint density at radius 1 is 1.17 bits per heavy atom. The lowest BCUT2D eigenvalue weighted by molar-refractivity contribution is 0.104. The number of likely N-dealkylation sites (N-methyl/N-ethyl adjacent to an activating group) is 1. The minimum absolute atomic E-state index is 0.414. The number of anilines is 1. The third-order valence-corrected chi connectivity index (χ3v) is 4.59. The maximum atomic E-state index is 10.2. The first kappa shape index (κ1) is 17.0. The fourth-order valence-corrected chi connectivity index (χ4v) is 3.38. The topological polar surface area (TPSA) is 44.5 Å². The molecule has 2 heterocycles. The van der Waals surface area contributed by atoms with Crippen molar-refractivity contribution in [2.24, 2.45) is 0 Å².